The van der Waals surface area contributed by atoms with Crippen LogP contribution in [-0.4, -0.2) is 37.2 Å². The molecular formula is C25H42O6. The summed E-state index contributed by atoms with van der Waals surface area (Å²) >= 11 is 0. The molecule has 0 aliphatic heterocycles. The number of unbranched alkanes of at least 4 members (excludes halogenated alkanes) is 8. The van der Waals surface area contributed by atoms with Gasteiger partial charge in [0.25, 0.3) is 0 Å². The summed E-state index contributed by atoms with van der Waals surface area (Å²) < 4.78 is 14.9. The lowest BCUT2D eigenvalue weighted by molar-refractivity contribution is -0.164. The summed E-state index contributed by atoms with van der Waals surface area (Å²) in [6.07, 6.45) is 21.0. The predicted molar refractivity (Wildman–Crippen MR) is 123 cm³/mol. The molecule has 0 N–H and O–H groups in total. The van der Waals surface area contributed by atoms with Crippen LogP contribution in [0.15, 0.2) is 24.3 Å². The fourth-order valence-electron chi connectivity index (χ4n) is 2.90. The predicted octanol–water partition coefficient (Wildman–Crippen LogP) is 5.84. The van der Waals surface area contributed by atoms with Crippen molar-refractivity contribution in [3.8, 4) is 0 Å². The summed E-state index contributed by atoms with van der Waals surface area (Å²) in [5.41, 5.74) is 0. The van der Waals surface area contributed by atoms with Gasteiger partial charge in [0.1, 0.15) is 13.2 Å². The van der Waals surface area contributed by atoms with Crippen LogP contribution in [-0.2, 0) is 28.6 Å². The van der Waals surface area contributed by atoms with Crippen molar-refractivity contribution < 1.29 is 28.6 Å². The van der Waals surface area contributed by atoms with E-state index < -0.39 is 18.0 Å². The van der Waals surface area contributed by atoms with Gasteiger partial charge in [0.05, 0.1) is 0 Å². The first-order valence-electron chi connectivity index (χ1n) is 11.7. The minimum absolute atomic E-state index is 0.105. The average molecular weight is 439 g/mol. The Bertz CT molecular complexity index is 538. The van der Waals surface area contributed by atoms with Gasteiger partial charge in [0.15, 0.2) is 6.10 Å². The molecule has 0 saturated carbocycles. The van der Waals surface area contributed by atoms with E-state index in [1.165, 1.54) is 46.0 Å². The fraction of sp³-hybridized carbons (Fsp3) is 0.720. The Morgan fingerprint density at radius 1 is 0.710 bits per heavy atom. The van der Waals surface area contributed by atoms with Gasteiger partial charge in [-0.25, -0.2) is 0 Å². The van der Waals surface area contributed by atoms with Crippen LogP contribution in [0.3, 0.4) is 0 Å². The van der Waals surface area contributed by atoms with Crippen LogP contribution in [0.5, 0.6) is 0 Å². The molecule has 31 heavy (non-hydrogen) atoms. The number of allylic oxidation sites excluding steroid dienone is 4. The molecule has 0 aromatic carbocycles. The Hall–Kier alpha value is -2.11. The van der Waals surface area contributed by atoms with Crippen LogP contribution in [0.4, 0.5) is 0 Å². The smallest absolute Gasteiger partial charge is 0.305 e. The van der Waals surface area contributed by atoms with Crippen molar-refractivity contribution >= 4 is 17.9 Å². The molecule has 0 aromatic heterocycles. The quantitative estimate of drug-likeness (QED) is 0.109. The van der Waals surface area contributed by atoms with Crippen LogP contribution < -0.4 is 0 Å². The molecule has 1 unspecified atom stereocenters. The Kier molecular flexibility index (Phi) is 19.7. The highest BCUT2D eigenvalue weighted by Crippen LogP contribution is 2.09. The molecule has 0 heterocycles. The molecule has 0 bridgehead atoms. The summed E-state index contributed by atoms with van der Waals surface area (Å²) in [5, 5.41) is 0. The fourth-order valence-corrected chi connectivity index (χ4v) is 2.90. The maximum atomic E-state index is 11.8. The van der Waals surface area contributed by atoms with Crippen LogP contribution >= 0.6 is 0 Å². The van der Waals surface area contributed by atoms with Crippen molar-refractivity contribution in [1.29, 1.82) is 0 Å². The number of esters is 3. The number of carbonyl (C=O) groups excluding carboxylic acids is 3. The largest absolute Gasteiger partial charge is 0.462 e. The second-order valence-corrected chi connectivity index (χ2v) is 7.70. The Labute approximate surface area is 188 Å². The van der Waals surface area contributed by atoms with Crippen molar-refractivity contribution in [3.05, 3.63) is 24.3 Å². The third-order valence-electron chi connectivity index (χ3n) is 4.57. The zero-order valence-corrected chi connectivity index (χ0v) is 19.7. The summed E-state index contributed by atoms with van der Waals surface area (Å²) in [6.45, 7) is 4.52. The maximum absolute atomic E-state index is 11.8. The third-order valence-corrected chi connectivity index (χ3v) is 4.57. The van der Waals surface area contributed by atoms with E-state index >= 15 is 0 Å². The zero-order valence-electron chi connectivity index (χ0n) is 19.7. The molecule has 0 radical (unpaired) electrons. The Morgan fingerprint density at radius 3 is 1.90 bits per heavy atom. The van der Waals surface area contributed by atoms with Gasteiger partial charge in [0.2, 0.25) is 0 Å². The number of ether oxygens (including phenoxy) is 3. The topological polar surface area (TPSA) is 78.9 Å². The Morgan fingerprint density at radius 2 is 1.29 bits per heavy atom. The van der Waals surface area contributed by atoms with Crippen molar-refractivity contribution in [2.75, 3.05) is 13.2 Å². The number of rotatable bonds is 19. The minimum atomic E-state index is -0.769. The van der Waals surface area contributed by atoms with E-state index in [2.05, 4.69) is 31.2 Å². The molecule has 0 amide bonds. The first-order chi connectivity index (χ1) is 15.0. The molecule has 0 fully saturated rings. The molecule has 6 nitrogen and oxygen atoms in total. The lowest BCUT2D eigenvalue weighted by Gasteiger charge is -2.16. The van der Waals surface area contributed by atoms with E-state index in [-0.39, 0.29) is 19.2 Å². The van der Waals surface area contributed by atoms with Crippen molar-refractivity contribution in [3.63, 3.8) is 0 Å². The molecule has 0 aromatic rings. The van der Waals surface area contributed by atoms with Gasteiger partial charge in [-0.2, -0.15) is 0 Å². The highest BCUT2D eigenvalue weighted by molar-refractivity contribution is 5.69. The van der Waals surface area contributed by atoms with E-state index in [0.29, 0.717) is 6.42 Å². The van der Waals surface area contributed by atoms with Gasteiger partial charge < -0.3 is 14.2 Å². The van der Waals surface area contributed by atoms with E-state index in [1.54, 1.807) is 0 Å². The van der Waals surface area contributed by atoms with Gasteiger partial charge in [-0.1, -0.05) is 63.3 Å². The Balaban J connectivity index is 3.64. The van der Waals surface area contributed by atoms with Crippen LogP contribution in [0.1, 0.15) is 97.8 Å². The minimum Gasteiger partial charge on any atom is -0.462 e. The molecule has 0 aliphatic rings. The summed E-state index contributed by atoms with van der Waals surface area (Å²) in [7, 11) is 0. The van der Waals surface area contributed by atoms with Crippen LogP contribution in [0.25, 0.3) is 0 Å². The molecule has 0 spiro atoms. The molecule has 0 aliphatic carbocycles. The average Bonchev–Trinajstić information content (AvgIpc) is 2.72. The van der Waals surface area contributed by atoms with Gasteiger partial charge >= 0.3 is 17.9 Å². The normalized spacial score (nSPS) is 12.2. The molecule has 6 heteroatoms. The van der Waals surface area contributed by atoms with Gasteiger partial charge in [-0.05, 0) is 38.5 Å². The number of carbonyl (C=O) groups is 3. The van der Waals surface area contributed by atoms with E-state index in [9.17, 15) is 14.4 Å². The monoisotopic (exact) mass is 438 g/mol. The standard InChI is InChI=1S/C25H42O6/c1-4-5-6-7-8-9-10-11-12-13-14-15-16-17-18-19-25(28)30-21-24(31-23(3)27)20-29-22(2)26/h8-9,11-12,24H,4-7,10,13-21H2,1-3H3/b9-8+,12-11+. The highest BCUT2D eigenvalue weighted by atomic mass is 16.6. The van der Waals surface area contributed by atoms with Crippen molar-refractivity contribution in [1.82, 2.24) is 0 Å². The van der Waals surface area contributed by atoms with Crippen LogP contribution in [0.2, 0.25) is 0 Å². The lowest BCUT2D eigenvalue weighted by Crippen LogP contribution is -2.29. The van der Waals surface area contributed by atoms with Crippen LogP contribution in [0, 0.1) is 0 Å². The molecule has 178 valence electrons. The van der Waals surface area contributed by atoms with E-state index in [0.717, 1.165) is 38.5 Å². The number of hydrogen-bond acceptors (Lipinski definition) is 6. The maximum Gasteiger partial charge on any atom is 0.305 e. The first-order valence-corrected chi connectivity index (χ1v) is 11.7. The summed E-state index contributed by atoms with van der Waals surface area (Å²) in [6, 6.07) is 0. The lowest BCUT2D eigenvalue weighted by atomic mass is 10.1. The van der Waals surface area contributed by atoms with Gasteiger partial charge in [-0.3, -0.25) is 14.4 Å². The van der Waals surface area contributed by atoms with Gasteiger partial charge in [0, 0.05) is 20.3 Å². The SMILES string of the molecule is CCCCC/C=C/C/C=C/CCCCCCCC(=O)OCC(COC(C)=O)OC(C)=O. The second kappa shape index (κ2) is 21.1. The first kappa shape index (κ1) is 28.9. The third kappa shape index (κ3) is 22.4. The molecule has 1 atom stereocenters. The highest BCUT2D eigenvalue weighted by Gasteiger charge is 2.16. The number of hydrogen-bond donors (Lipinski definition) is 0. The van der Waals surface area contributed by atoms with Crippen molar-refractivity contribution in [2.45, 2.75) is 104 Å². The molecular weight excluding hydrogens is 396 g/mol. The van der Waals surface area contributed by atoms with E-state index in [4.69, 9.17) is 14.2 Å². The molecule has 0 saturated heterocycles. The second-order valence-electron chi connectivity index (χ2n) is 7.70. The zero-order chi connectivity index (χ0) is 23.2. The summed E-state index contributed by atoms with van der Waals surface area (Å²) in [4.78, 5) is 33.7. The van der Waals surface area contributed by atoms with E-state index in [1.807, 2.05) is 0 Å². The molecule has 0 rings (SSSR count). The summed E-state index contributed by atoms with van der Waals surface area (Å²) in [5.74, 6) is -1.32. The van der Waals surface area contributed by atoms with Crippen molar-refractivity contribution in [2.24, 2.45) is 0 Å². The van der Waals surface area contributed by atoms with Gasteiger partial charge in [-0.15, -0.1) is 0 Å².